The number of likely N-dealkylation sites (tertiary alicyclic amines) is 1. The number of benzene rings is 4. The number of hydrogen-bond acceptors (Lipinski definition) is 22. The molecule has 2 aliphatic heterocycles. The molecule has 5 aliphatic rings. The van der Waals surface area contributed by atoms with E-state index in [4.69, 9.17) is 26.8 Å². The molecule has 640 valence electrons. The lowest BCUT2D eigenvalue weighted by atomic mass is 9.96. The van der Waals surface area contributed by atoms with E-state index in [2.05, 4.69) is 151 Å². The summed E-state index contributed by atoms with van der Waals surface area (Å²) in [5, 5.41) is 34.5. The lowest BCUT2D eigenvalue weighted by Crippen LogP contribution is -2.49. The maximum absolute atomic E-state index is 13.0. The van der Waals surface area contributed by atoms with Crippen molar-refractivity contribution < 1.29 is 57.4 Å². The van der Waals surface area contributed by atoms with Crippen molar-refractivity contribution in [3.05, 3.63) is 199 Å². The summed E-state index contributed by atoms with van der Waals surface area (Å²) in [5.41, 5.74) is 12.4. The molecule has 12 amide bonds. The first-order valence-electron chi connectivity index (χ1n) is 40.6. The summed E-state index contributed by atoms with van der Waals surface area (Å²) in [6.45, 7) is 8.86. The van der Waals surface area contributed by atoms with Crippen LogP contribution in [0.4, 0.5) is 41.4 Å². The van der Waals surface area contributed by atoms with E-state index in [1.165, 1.54) is 92.4 Å². The normalized spacial score (nSPS) is 15.9. The lowest BCUT2D eigenvalue weighted by Gasteiger charge is -2.31. The number of ether oxygens (including phenoxy) is 2. The maximum Gasteiger partial charge on any atom is 0.410 e. The van der Waals surface area contributed by atoms with Crippen LogP contribution in [0, 0.1) is 0 Å². The fourth-order valence-corrected chi connectivity index (χ4v) is 15.2. The summed E-state index contributed by atoms with van der Waals surface area (Å²) in [6, 6.07) is 25.0. The van der Waals surface area contributed by atoms with Gasteiger partial charge in [0.1, 0.15) is 17.7 Å². The van der Waals surface area contributed by atoms with Crippen LogP contribution in [0.25, 0.3) is 10.9 Å². The van der Waals surface area contributed by atoms with Crippen LogP contribution in [-0.4, -0.2) is 198 Å². The Morgan fingerprint density at radius 2 is 0.967 bits per heavy atom. The number of anilines is 3. The van der Waals surface area contributed by atoms with Crippen molar-refractivity contribution in [3.8, 4) is 0 Å². The number of nitrogens with one attached hydrogen (secondary N) is 12. The number of carbonyl (C=O) groups excluding carboxylic acids is 10. The van der Waals surface area contributed by atoms with E-state index in [9.17, 15) is 52.7 Å². The van der Waals surface area contributed by atoms with Crippen molar-refractivity contribution in [2.75, 3.05) is 68.3 Å². The van der Waals surface area contributed by atoms with Crippen LogP contribution in [0.3, 0.4) is 0 Å². The first-order valence-corrected chi connectivity index (χ1v) is 41.8. The van der Waals surface area contributed by atoms with Gasteiger partial charge in [-0.1, -0.05) is 84.4 Å². The molecule has 0 unspecified atom stereocenters. The molecule has 37 heteroatoms. The smallest absolute Gasteiger partial charge is 0.410 e. The minimum atomic E-state index is -0.621. The van der Waals surface area contributed by atoms with E-state index in [0.29, 0.717) is 111 Å². The van der Waals surface area contributed by atoms with Gasteiger partial charge in [-0.3, -0.25) is 54.2 Å². The third kappa shape index (κ3) is 26.7. The van der Waals surface area contributed by atoms with Crippen molar-refractivity contribution in [2.24, 2.45) is 5.73 Å². The van der Waals surface area contributed by atoms with Gasteiger partial charge >= 0.3 is 30.3 Å². The molecule has 4 aromatic heterocycles. The predicted octanol–water partition coefficient (Wildman–Crippen LogP) is 7.93. The fraction of sp³-hybridized carbons (Fsp3) is 0.429. The summed E-state index contributed by atoms with van der Waals surface area (Å²) >= 11 is 9.48. The molecule has 0 spiro atoms. The highest BCUT2D eigenvalue weighted by atomic mass is 79.9. The van der Waals surface area contributed by atoms with Gasteiger partial charge in [0.2, 0.25) is 5.91 Å². The molecule has 13 rings (SSSR count). The Morgan fingerprint density at radius 1 is 0.545 bits per heavy atom. The highest BCUT2D eigenvalue weighted by Gasteiger charge is 2.37. The number of Topliss-reactive ketones (excluding diaryl/α,β-unsaturated/α-hetero) is 1. The van der Waals surface area contributed by atoms with Crippen molar-refractivity contribution in [1.29, 1.82) is 0 Å². The lowest BCUT2D eigenvalue weighted by molar-refractivity contribution is -0.125. The van der Waals surface area contributed by atoms with Crippen LogP contribution in [-0.2, 0) is 64.1 Å². The Bertz CT molecular complexity index is 5000. The number of urea groups is 3. The molecule has 2 saturated heterocycles. The molecule has 121 heavy (non-hydrogen) atoms. The van der Waals surface area contributed by atoms with E-state index in [0.717, 1.165) is 64.2 Å². The van der Waals surface area contributed by atoms with Gasteiger partial charge in [0.05, 0.1) is 34.8 Å². The number of unbranched alkanes of at least 4 members (excludes halogenated alkanes) is 3. The van der Waals surface area contributed by atoms with E-state index in [1.807, 2.05) is 36.4 Å². The molecule has 14 N–H and O–H groups in total. The van der Waals surface area contributed by atoms with Crippen molar-refractivity contribution in [3.63, 3.8) is 0 Å². The summed E-state index contributed by atoms with van der Waals surface area (Å²) in [7, 11) is 0. The second-order valence-electron chi connectivity index (χ2n) is 30.8. The van der Waals surface area contributed by atoms with Crippen LogP contribution < -0.4 is 75.1 Å². The first-order chi connectivity index (χ1) is 58.4. The topological polar surface area (TPSA) is 475 Å². The van der Waals surface area contributed by atoms with Crippen LogP contribution in [0.2, 0.25) is 5.02 Å². The van der Waals surface area contributed by atoms with Crippen LogP contribution in [0.15, 0.2) is 138 Å². The third-order valence-electron chi connectivity index (χ3n) is 20.5. The molecule has 0 bridgehead atoms. The zero-order valence-corrected chi connectivity index (χ0v) is 70.0. The van der Waals surface area contributed by atoms with Crippen LogP contribution >= 0.6 is 27.5 Å². The highest BCUT2D eigenvalue weighted by molar-refractivity contribution is 9.10. The van der Waals surface area contributed by atoms with E-state index in [1.54, 1.807) is 26.8 Å². The van der Waals surface area contributed by atoms with Crippen LogP contribution in [0.1, 0.15) is 156 Å². The summed E-state index contributed by atoms with van der Waals surface area (Å²) in [5.74, 6) is -1.30. The Kier molecular flexibility index (Phi) is 32.8. The van der Waals surface area contributed by atoms with Gasteiger partial charge in [0, 0.05) is 105 Å². The van der Waals surface area contributed by atoms with Crippen molar-refractivity contribution >= 4 is 116 Å². The number of nitrogens with zero attached hydrogens (tertiary/aromatic N) is 9. The molecule has 3 aliphatic carbocycles. The number of rotatable bonds is 29. The van der Waals surface area contributed by atoms with E-state index in [-0.39, 0.29) is 88.8 Å². The molecule has 0 saturated carbocycles. The number of carbonyl (C=O) groups is 10. The summed E-state index contributed by atoms with van der Waals surface area (Å²) < 4.78 is 13.0. The quantitative estimate of drug-likeness (QED) is 0.0198. The molecule has 3 atom stereocenters. The average molecular weight is 1740 g/mol. The molecule has 4 aromatic carbocycles. The minimum Gasteiger partial charge on any atom is -0.445 e. The standard InChI is InChI=1S/C36H39BrClN9O6.C29H39N7O5.C19H24N6O2/c37-26-18-28-25(17-27(26)38)34(50)47(20-44-28)19-24(48)16-29-30(8-5-11-39-29)53-36(52)43-10-4-3-9-42-35(51)46-32-31(40-12-13-41-32)33(49)45-23-14-21-6-1-2-7-22(21)15-23;1-29(2,3)41-28(40)36-16-8-11-22(36)25(37)32-12-6-7-13-33-27(39)35-24-23(30-14-15-31-24)26(38)34-21-17-19-9-4-5-10-20(19)18-21;20-7-3-4-8-23-19(27)25-17-16(21-9-10-22-17)18(26)24-15-11-13-5-1-2-6-14(13)12-15/h1-2,6-7,12-13,17-18,20,23,29-30,39H,3-5,8-11,14-16,19H2,(H,43,52)(H,45,49)(H2,41,42,46,51);4-5,9-10,14-15,21-22H,6-8,11-13,16-18H2,1-3H3,(H,32,37)(H,34,38)(H2,31,33,35,39);1-2,5-6,9-10,15H,3-4,7-8,11-12,20H2,(H,24,26)(H2,22,23,25,27)/t29-,30+;22-;/m10./s1. The first kappa shape index (κ1) is 89.6. The SMILES string of the molecule is CC(C)(C)OC(=O)N1CCC[C@H]1C(=O)NCCCCNC(=O)Nc1nccnc1C(=O)NC1Cc2ccccc2C1.NCCCCNC(=O)Nc1nccnc1C(=O)NC1Cc2ccccc2C1.O=C(C[C@H]1NCCC[C@@H]1OC(=O)NCCCCNC(=O)Nc1nccnc1C(=O)NC1Cc2ccccc2C1)Cn1cnc2cc(Br)c(Cl)cc2c1=O. The molecule has 8 aromatic rings. The summed E-state index contributed by atoms with van der Waals surface area (Å²) in [6.07, 6.45) is 19.5. The monoisotopic (exact) mass is 1740 g/mol. The van der Waals surface area contributed by atoms with Gasteiger partial charge in [0.25, 0.3) is 23.3 Å². The van der Waals surface area contributed by atoms with E-state index >= 15 is 0 Å². The number of alkyl carbamates (subject to hydrolysis) is 1. The third-order valence-corrected chi connectivity index (χ3v) is 21.7. The Morgan fingerprint density at radius 3 is 1.40 bits per heavy atom. The largest absolute Gasteiger partial charge is 0.445 e. The second-order valence-corrected chi connectivity index (χ2v) is 32.0. The van der Waals surface area contributed by atoms with Gasteiger partial charge in [-0.2, -0.15) is 0 Å². The molecule has 6 heterocycles. The van der Waals surface area contributed by atoms with Gasteiger partial charge in [-0.25, -0.2) is 58.9 Å². The number of hydrogen-bond donors (Lipinski definition) is 13. The summed E-state index contributed by atoms with van der Waals surface area (Å²) in [4.78, 5) is 170. The fourth-order valence-electron chi connectivity index (χ4n) is 14.7. The van der Waals surface area contributed by atoms with Gasteiger partial charge in [0.15, 0.2) is 40.3 Å². The van der Waals surface area contributed by atoms with Gasteiger partial charge in [-0.15, -0.1) is 0 Å². The molecule has 35 nitrogen and oxygen atoms in total. The predicted molar refractivity (Wildman–Crippen MR) is 456 cm³/mol. The van der Waals surface area contributed by atoms with Gasteiger partial charge in [-0.05, 0) is 198 Å². The molecule has 0 radical (unpaired) electrons. The maximum atomic E-state index is 13.0. The molecular weight excluding hydrogens is 1640 g/mol. The number of amides is 12. The van der Waals surface area contributed by atoms with Crippen molar-refractivity contribution in [1.82, 2.24) is 92.2 Å². The Labute approximate surface area is 712 Å². The number of halogens is 2. The van der Waals surface area contributed by atoms with Crippen molar-refractivity contribution in [2.45, 2.75) is 178 Å². The highest BCUT2D eigenvalue weighted by Crippen LogP contribution is 2.29. The number of fused-ring (bicyclic) bond motifs is 4. The Hall–Kier alpha value is -12.2. The minimum absolute atomic E-state index is 0.00912. The number of aromatic nitrogens is 8. The second kappa shape index (κ2) is 44.2. The van der Waals surface area contributed by atoms with E-state index < -0.39 is 65.9 Å². The number of piperidine rings is 1. The average Bonchev–Trinajstić information content (AvgIpc) is 1.64. The number of nitrogens with two attached hydrogens (primary N) is 1. The zero-order chi connectivity index (χ0) is 85.8. The zero-order valence-electron chi connectivity index (χ0n) is 67.6. The Balaban J connectivity index is 0.000000187. The molecular formula is C84H102BrClN22O13. The van der Waals surface area contributed by atoms with Crippen LogP contribution in [0.5, 0.6) is 0 Å². The van der Waals surface area contributed by atoms with Gasteiger partial charge < -0.3 is 63.1 Å². The number of ketones is 1. The molecule has 2 fully saturated rings.